The Morgan fingerprint density at radius 1 is 1.14 bits per heavy atom. The van der Waals surface area contributed by atoms with E-state index in [0.717, 1.165) is 52.4 Å². The van der Waals surface area contributed by atoms with E-state index in [0.29, 0.717) is 23.9 Å². The van der Waals surface area contributed by atoms with Gasteiger partial charge in [-0.3, -0.25) is 14.2 Å². The molecule has 0 saturated heterocycles. The summed E-state index contributed by atoms with van der Waals surface area (Å²) in [6, 6.07) is 17.6. The molecule has 37 heavy (non-hydrogen) atoms. The summed E-state index contributed by atoms with van der Waals surface area (Å²) in [5, 5.41) is 1.63. The van der Waals surface area contributed by atoms with Gasteiger partial charge in [0, 0.05) is 34.7 Å². The van der Waals surface area contributed by atoms with Gasteiger partial charge in [-0.2, -0.15) is 0 Å². The first-order chi connectivity index (χ1) is 18.2. The molecule has 0 amide bonds. The van der Waals surface area contributed by atoms with E-state index in [-0.39, 0.29) is 11.3 Å². The summed E-state index contributed by atoms with van der Waals surface area (Å²) >= 11 is 2.98. The van der Waals surface area contributed by atoms with Crippen molar-refractivity contribution in [2.75, 3.05) is 13.7 Å². The van der Waals surface area contributed by atoms with E-state index in [9.17, 15) is 9.59 Å². The van der Waals surface area contributed by atoms with Crippen LogP contribution in [0.5, 0.6) is 0 Å². The minimum absolute atomic E-state index is 0.0215. The van der Waals surface area contributed by atoms with E-state index < -0.39 is 5.25 Å². The highest BCUT2D eigenvalue weighted by Gasteiger charge is 2.29. The number of aryl methyl sites for hydroxylation is 2. The lowest BCUT2D eigenvalue weighted by Gasteiger charge is -2.18. The Hall–Kier alpha value is -3.20. The minimum atomic E-state index is -0.562. The molecule has 0 bridgehead atoms. The third-order valence-corrected chi connectivity index (χ3v) is 9.41. The van der Waals surface area contributed by atoms with Crippen molar-refractivity contribution < 1.29 is 9.53 Å². The second-order valence-electron chi connectivity index (χ2n) is 9.26. The van der Waals surface area contributed by atoms with E-state index in [4.69, 9.17) is 9.72 Å². The van der Waals surface area contributed by atoms with Gasteiger partial charge >= 0.3 is 0 Å². The van der Waals surface area contributed by atoms with Crippen LogP contribution in [0.15, 0.2) is 70.7 Å². The fourth-order valence-electron chi connectivity index (χ4n) is 5.11. The molecule has 1 atom stereocenters. The molecule has 0 aliphatic heterocycles. The zero-order valence-electron chi connectivity index (χ0n) is 20.5. The molecule has 6 nitrogen and oxygen atoms in total. The van der Waals surface area contributed by atoms with E-state index >= 15 is 0 Å². The van der Waals surface area contributed by atoms with Crippen LogP contribution >= 0.6 is 23.1 Å². The van der Waals surface area contributed by atoms with Crippen LogP contribution in [0.4, 0.5) is 0 Å². The number of benzene rings is 2. The summed E-state index contributed by atoms with van der Waals surface area (Å²) in [5.74, 6) is -0.0215. The molecule has 3 heterocycles. The largest absolute Gasteiger partial charge is 0.383 e. The normalized spacial score (nSPS) is 14.2. The van der Waals surface area contributed by atoms with Crippen LogP contribution in [0, 0.1) is 0 Å². The maximum atomic E-state index is 14.1. The first-order valence-electron chi connectivity index (χ1n) is 12.5. The van der Waals surface area contributed by atoms with Gasteiger partial charge in [0.25, 0.3) is 5.56 Å². The fraction of sp³-hybridized carbons (Fsp3) is 0.276. The maximum Gasteiger partial charge on any atom is 0.263 e. The number of ether oxygens (including phenoxy) is 1. The average Bonchev–Trinajstić information content (AvgIpc) is 3.53. The number of hydrogen-bond acceptors (Lipinski definition) is 6. The van der Waals surface area contributed by atoms with E-state index in [2.05, 4.69) is 4.98 Å². The number of carbonyl (C=O) groups is 1. The third-order valence-electron chi connectivity index (χ3n) is 6.98. The summed E-state index contributed by atoms with van der Waals surface area (Å²) in [6.07, 6.45) is 5.96. The molecule has 8 heteroatoms. The number of aromatic amines is 1. The van der Waals surface area contributed by atoms with Crippen LogP contribution in [0.1, 0.15) is 44.5 Å². The number of H-pyrrole nitrogens is 1. The van der Waals surface area contributed by atoms with E-state index in [1.165, 1.54) is 22.2 Å². The van der Waals surface area contributed by atoms with Gasteiger partial charge in [-0.25, -0.2) is 4.98 Å². The second-order valence-corrected chi connectivity index (χ2v) is 11.4. The topological polar surface area (TPSA) is 77.0 Å². The molecule has 3 aromatic heterocycles. The predicted octanol–water partition coefficient (Wildman–Crippen LogP) is 6.18. The molecule has 1 N–H and O–H groups in total. The molecule has 188 valence electrons. The number of hydrogen-bond donors (Lipinski definition) is 1. The average molecular weight is 530 g/mol. The van der Waals surface area contributed by atoms with Crippen molar-refractivity contribution in [1.82, 2.24) is 14.5 Å². The SMILES string of the molecule is COCCn1c(SC(C(=O)c2c[nH]c3ccccc23)c2ccccc2)nc2sc3c(c2c1=O)CCCC3. The summed E-state index contributed by atoms with van der Waals surface area (Å²) in [5.41, 5.74) is 3.57. The highest BCUT2D eigenvalue weighted by molar-refractivity contribution is 8.00. The number of rotatable bonds is 8. The lowest BCUT2D eigenvalue weighted by atomic mass is 9.97. The van der Waals surface area contributed by atoms with Crippen molar-refractivity contribution in [1.29, 1.82) is 0 Å². The van der Waals surface area contributed by atoms with Gasteiger partial charge in [0.15, 0.2) is 10.9 Å². The summed E-state index contributed by atoms with van der Waals surface area (Å²) in [7, 11) is 1.63. The second kappa shape index (κ2) is 10.3. The van der Waals surface area contributed by atoms with Crippen molar-refractivity contribution >= 4 is 50.0 Å². The van der Waals surface area contributed by atoms with Crippen molar-refractivity contribution in [3.8, 4) is 0 Å². The molecule has 6 rings (SSSR count). The maximum absolute atomic E-state index is 14.1. The molecular formula is C29H27N3O3S2. The predicted molar refractivity (Wildman–Crippen MR) is 150 cm³/mol. The number of thioether (sulfide) groups is 1. The highest BCUT2D eigenvalue weighted by atomic mass is 32.2. The van der Waals surface area contributed by atoms with Crippen LogP contribution in [0.25, 0.3) is 21.1 Å². The molecular weight excluding hydrogens is 502 g/mol. The van der Waals surface area contributed by atoms with Crippen LogP contribution < -0.4 is 5.56 Å². The first-order valence-corrected chi connectivity index (χ1v) is 14.2. The van der Waals surface area contributed by atoms with Crippen LogP contribution in [-0.4, -0.2) is 34.0 Å². The summed E-state index contributed by atoms with van der Waals surface area (Å²) in [6.45, 7) is 0.771. The molecule has 1 aliphatic rings. The van der Waals surface area contributed by atoms with Gasteiger partial charge < -0.3 is 9.72 Å². The Morgan fingerprint density at radius 3 is 2.76 bits per heavy atom. The quantitative estimate of drug-likeness (QED) is 0.148. The molecule has 0 spiro atoms. The highest BCUT2D eigenvalue weighted by Crippen LogP contribution is 2.40. The zero-order chi connectivity index (χ0) is 25.4. The molecule has 0 saturated carbocycles. The van der Waals surface area contributed by atoms with Crippen molar-refractivity contribution in [3.63, 3.8) is 0 Å². The van der Waals surface area contributed by atoms with Crippen LogP contribution in [0.3, 0.4) is 0 Å². The number of aromatic nitrogens is 3. The molecule has 5 aromatic rings. The van der Waals surface area contributed by atoms with Crippen molar-refractivity contribution in [2.45, 2.75) is 42.6 Å². The number of para-hydroxylation sites is 1. The lowest BCUT2D eigenvalue weighted by Crippen LogP contribution is -2.26. The summed E-state index contributed by atoms with van der Waals surface area (Å²) < 4.78 is 7.05. The van der Waals surface area contributed by atoms with Gasteiger partial charge in [0.05, 0.1) is 18.5 Å². The minimum Gasteiger partial charge on any atom is -0.383 e. The Morgan fingerprint density at radius 2 is 1.92 bits per heavy atom. The summed E-state index contributed by atoms with van der Waals surface area (Å²) in [4.78, 5) is 38.2. The number of methoxy groups -OCH3 is 1. The molecule has 2 aromatic carbocycles. The standard InChI is InChI=1S/C29H27N3O3S2/c1-35-16-15-32-28(34)24-20-12-6-8-14-23(20)36-27(24)31-29(32)37-26(18-9-3-2-4-10-18)25(33)21-17-30-22-13-7-5-11-19(21)22/h2-5,7,9-11,13,17,26,30H,6,8,12,14-16H2,1H3. The van der Waals surface area contributed by atoms with Gasteiger partial charge in [-0.15, -0.1) is 11.3 Å². The molecule has 0 radical (unpaired) electrons. The van der Waals surface area contributed by atoms with Crippen LogP contribution in [0.2, 0.25) is 0 Å². The molecule has 0 fully saturated rings. The Bertz CT molecular complexity index is 1650. The van der Waals surface area contributed by atoms with Crippen molar-refractivity contribution in [3.05, 3.63) is 92.7 Å². The third kappa shape index (κ3) is 4.43. The van der Waals surface area contributed by atoms with Gasteiger partial charge in [-0.1, -0.05) is 60.3 Å². The molecule has 1 aliphatic carbocycles. The number of nitrogens with zero attached hydrogens (tertiary/aromatic N) is 2. The van der Waals surface area contributed by atoms with Crippen molar-refractivity contribution in [2.24, 2.45) is 0 Å². The van der Waals surface area contributed by atoms with Gasteiger partial charge in [0.2, 0.25) is 0 Å². The smallest absolute Gasteiger partial charge is 0.263 e. The number of carbonyl (C=O) groups excluding carboxylic acids is 1. The van der Waals surface area contributed by atoms with Gasteiger partial charge in [-0.05, 0) is 42.9 Å². The fourth-order valence-corrected chi connectivity index (χ4v) is 7.61. The Balaban J connectivity index is 1.49. The number of nitrogens with one attached hydrogen (secondary N) is 1. The number of fused-ring (bicyclic) bond motifs is 4. The first kappa shape index (κ1) is 24.2. The van der Waals surface area contributed by atoms with Crippen LogP contribution in [-0.2, 0) is 24.1 Å². The number of Topliss-reactive ketones (excluding diaryl/α,β-unsaturated/α-hetero) is 1. The monoisotopic (exact) mass is 529 g/mol. The Kier molecular flexibility index (Phi) is 6.71. The van der Waals surface area contributed by atoms with E-state index in [1.807, 2.05) is 54.6 Å². The van der Waals surface area contributed by atoms with Gasteiger partial charge in [0.1, 0.15) is 10.1 Å². The van der Waals surface area contributed by atoms with E-state index in [1.54, 1.807) is 29.2 Å². The lowest BCUT2D eigenvalue weighted by molar-refractivity contribution is 0.0991. The zero-order valence-corrected chi connectivity index (χ0v) is 22.2. The number of thiophene rings is 1. The Labute approximate surface area is 222 Å². The molecule has 1 unspecified atom stereocenters. The number of ketones is 1.